The summed E-state index contributed by atoms with van der Waals surface area (Å²) in [5, 5.41) is 5.48. The van der Waals surface area contributed by atoms with Crippen LogP contribution in [0.1, 0.15) is 24.4 Å². The molecule has 2 rings (SSSR count). The minimum absolute atomic E-state index is 0.311. The van der Waals surface area contributed by atoms with Crippen LogP contribution in [0.5, 0.6) is 0 Å². The molecule has 4 heteroatoms. The zero-order chi connectivity index (χ0) is 10.5. The molecule has 0 amide bonds. The minimum Gasteiger partial charge on any atom is -0.469 e. The van der Waals surface area contributed by atoms with Gasteiger partial charge in [-0.15, -0.1) is 11.3 Å². The molecule has 80 valence electrons. The second kappa shape index (κ2) is 5.09. The Kier molecular flexibility index (Phi) is 3.53. The van der Waals surface area contributed by atoms with Crippen LogP contribution < -0.4 is 5.32 Å². The van der Waals surface area contributed by atoms with Crippen LogP contribution >= 0.6 is 11.3 Å². The number of nitrogens with one attached hydrogen (secondary N) is 1. The van der Waals surface area contributed by atoms with E-state index in [9.17, 15) is 0 Å². The summed E-state index contributed by atoms with van der Waals surface area (Å²) in [5.74, 6) is 1.02. The van der Waals surface area contributed by atoms with Gasteiger partial charge in [0, 0.05) is 24.4 Å². The molecule has 0 aliphatic rings. The second-order valence-corrected chi connectivity index (χ2v) is 4.14. The van der Waals surface area contributed by atoms with E-state index in [0.29, 0.717) is 6.04 Å². The monoisotopic (exact) mass is 222 g/mol. The van der Waals surface area contributed by atoms with Crippen molar-refractivity contribution in [2.24, 2.45) is 0 Å². The number of furan rings is 1. The molecule has 0 aliphatic heterocycles. The van der Waals surface area contributed by atoms with Crippen molar-refractivity contribution < 1.29 is 4.42 Å². The van der Waals surface area contributed by atoms with E-state index in [1.807, 2.05) is 17.6 Å². The lowest BCUT2D eigenvalue weighted by atomic mass is 10.2. The van der Waals surface area contributed by atoms with Gasteiger partial charge in [-0.3, -0.25) is 0 Å². The fourth-order valence-electron chi connectivity index (χ4n) is 1.41. The van der Waals surface area contributed by atoms with Crippen molar-refractivity contribution in [2.75, 3.05) is 6.54 Å². The third-order valence-corrected chi connectivity index (χ3v) is 2.90. The van der Waals surface area contributed by atoms with Crippen LogP contribution in [0.2, 0.25) is 0 Å². The summed E-state index contributed by atoms with van der Waals surface area (Å²) in [5.41, 5.74) is 2.97. The lowest BCUT2D eigenvalue weighted by Crippen LogP contribution is -2.21. The molecule has 2 aromatic rings. The van der Waals surface area contributed by atoms with E-state index >= 15 is 0 Å². The lowest BCUT2D eigenvalue weighted by molar-refractivity contribution is 0.484. The molecule has 0 spiro atoms. The van der Waals surface area contributed by atoms with Gasteiger partial charge in [0.1, 0.15) is 5.76 Å². The molecule has 1 N–H and O–H groups in total. The fourth-order valence-corrected chi connectivity index (χ4v) is 2.05. The molecule has 0 aromatic carbocycles. The SMILES string of the molecule is CC(NCCc1ccco1)c1cscn1. The van der Waals surface area contributed by atoms with E-state index in [-0.39, 0.29) is 0 Å². The Morgan fingerprint density at radius 2 is 2.53 bits per heavy atom. The number of hydrogen-bond donors (Lipinski definition) is 1. The Hall–Kier alpha value is -1.13. The smallest absolute Gasteiger partial charge is 0.105 e. The Balaban J connectivity index is 1.74. The third kappa shape index (κ3) is 2.91. The molecular weight excluding hydrogens is 208 g/mol. The van der Waals surface area contributed by atoms with Crippen LogP contribution in [0.4, 0.5) is 0 Å². The van der Waals surface area contributed by atoms with E-state index in [4.69, 9.17) is 4.42 Å². The zero-order valence-electron chi connectivity index (χ0n) is 8.64. The second-order valence-electron chi connectivity index (χ2n) is 3.42. The molecule has 0 bridgehead atoms. The highest BCUT2D eigenvalue weighted by atomic mass is 32.1. The summed E-state index contributed by atoms with van der Waals surface area (Å²) in [6.45, 7) is 3.03. The number of aromatic nitrogens is 1. The van der Waals surface area contributed by atoms with Crippen LogP contribution in [0.3, 0.4) is 0 Å². The largest absolute Gasteiger partial charge is 0.469 e. The van der Waals surface area contributed by atoms with E-state index in [0.717, 1.165) is 24.4 Å². The Morgan fingerprint density at radius 1 is 1.60 bits per heavy atom. The number of thiazole rings is 1. The normalized spacial score (nSPS) is 12.9. The molecule has 0 fully saturated rings. The van der Waals surface area contributed by atoms with Crippen molar-refractivity contribution in [3.63, 3.8) is 0 Å². The highest BCUT2D eigenvalue weighted by molar-refractivity contribution is 7.07. The average molecular weight is 222 g/mol. The van der Waals surface area contributed by atoms with Crippen LogP contribution in [0, 0.1) is 0 Å². The van der Waals surface area contributed by atoms with Crippen molar-refractivity contribution in [1.29, 1.82) is 0 Å². The first kappa shape index (κ1) is 10.4. The van der Waals surface area contributed by atoms with Gasteiger partial charge in [0.2, 0.25) is 0 Å². The molecule has 1 atom stereocenters. The number of nitrogens with zero attached hydrogens (tertiary/aromatic N) is 1. The van der Waals surface area contributed by atoms with Gasteiger partial charge in [-0.2, -0.15) is 0 Å². The summed E-state index contributed by atoms with van der Waals surface area (Å²) in [6, 6.07) is 4.22. The van der Waals surface area contributed by atoms with Crippen molar-refractivity contribution in [2.45, 2.75) is 19.4 Å². The van der Waals surface area contributed by atoms with Gasteiger partial charge in [0.15, 0.2) is 0 Å². The first-order valence-corrected chi connectivity index (χ1v) is 5.94. The van der Waals surface area contributed by atoms with Gasteiger partial charge in [0.05, 0.1) is 17.5 Å². The van der Waals surface area contributed by atoms with Crippen molar-refractivity contribution >= 4 is 11.3 Å². The molecule has 15 heavy (non-hydrogen) atoms. The maximum Gasteiger partial charge on any atom is 0.105 e. The van der Waals surface area contributed by atoms with E-state index in [2.05, 4.69) is 22.6 Å². The van der Waals surface area contributed by atoms with E-state index in [1.54, 1.807) is 17.6 Å². The van der Waals surface area contributed by atoms with Gasteiger partial charge in [-0.05, 0) is 19.1 Å². The Morgan fingerprint density at radius 3 is 3.20 bits per heavy atom. The van der Waals surface area contributed by atoms with Crippen molar-refractivity contribution in [1.82, 2.24) is 10.3 Å². The van der Waals surface area contributed by atoms with Crippen molar-refractivity contribution in [3.8, 4) is 0 Å². The highest BCUT2D eigenvalue weighted by Crippen LogP contribution is 2.11. The molecule has 2 heterocycles. The Labute approximate surface area is 93.2 Å². The summed E-state index contributed by atoms with van der Waals surface area (Å²) in [6.07, 6.45) is 2.63. The first-order chi connectivity index (χ1) is 7.36. The van der Waals surface area contributed by atoms with Crippen LogP contribution in [-0.4, -0.2) is 11.5 Å². The molecular formula is C11H14N2OS. The average Bonchev–Trinajstić information content (AvgIpc) is 2.90. The van der Waals surface area contributed by atoms with Crippen LogP contribution in [0.15, 0.2) is 33.7 Å². The van der Waals surface area contributed by atoms with Gasteiger partial charge < -0.3 is 9.73 Å². The summed E-state index contributed by atoms with van der Waals surface area (Å²) in [4.78, 5) is 4.26. The lowest BCUT2D eigenvalue weighted by Gasteiger charge is -2.10. The summed E-state index contributed by atoms with van der Waals surface area (Å²) in [7, 11) is 0. The molecule has 0 aliphatic carbocycles. The van der Waals surface area contributed by atoms with E-state index < -0.39 is 0 Å². The fraction of sp³-hybridized carbons (Fsp3) is 0.364. The van der Waals surface area contributed by atoms with Gasteiger partial charge in [0.25, 0.3) is 0 Å². The van der Waals surface area contributed by atoms with Crippen LogP contribution in [-0.2, 0) is 6.42 Å². The van der Waals surface area contributed by atoms with Gasteiger partial charge in [-0.25, -0.2) is 4.98 Å². The molecule has 0 saturated carbocycles. The minimum atomic E-state index is 0.311. The van der Waals surface area contributed by atoms with Gasteiger partial charge in [-0.1, -0.05) is 0 Å². The predicted octanol–water partition coefficient (Wildman–Crippen LogP) is 2.63. The summed E-state index contributed by atoms with van der Waals surface area (Å²) >= 11 is 1.63. The van der Waals surface area contributed by atoms with Crippen LogP contribution in [0.25, 0.3) is 0 Å². The maximum absolute atomic E-state index is 5.25. The molecule has 1 unspecified atom stereocenters. The Bertz CT molecular complexity index is 369. The quantitative estimate of drug-likeness (QED) is 0.845. The summed E-state index contributed by atoms with van der Waals surface area (Å²) < 4.78 is 5.25. The number of rotatable bonds is 5. The first-order valence-electron chi connectivity index (χ1n) is 5.00. The molecule has 3 nitrogen and oxygen atoms in total. The third-order valence-electron chi connectivity index (χ3n) is 2.30. The van der Waals surface area contributed by atoms with Gasteiger partial charge >= 0.3 is 0 Å². The molecule has 0 radical (unpaired) electrons. The van der Waals surface area contributed by atoms with E-state index in [1.165, 1.54) is 0 Å². The van der Waals surface area contributed by atoms with Crippen molar-refractivity contribution in [3.05, 3.63) is 40.7 Å². The molecule has 0 saturated heterocycles. The standard InChI is InChI=1S/C11H14N2OS/c1-9(11-7-15-8-13-11)12-5-4-10-3-2-6-14-10/h2-3,6-9,12H,4-5H2,1H3. The zero-order valence-corrected chi connectivity index (χ0v) is 9.46. The maximum atomic E-state index is 5.25. The molecule has 2 aromatic heterocycles. The predicted molar refractivity (Wildman–Crippen MR) is 60.9 cm³/mol. The highest BCUT2D eigenvalue weighted by Gasteiger charge is 2.06. The topological polar surface area (TPSA) is 38.1 Å². The number of hydrogen-bond acceptors (Lipinski definition) is 4.